The topological polar surface area (TPSA) is 47.6 Å². The van der Waals surface area contributed by atoms with Gasteiger partial charge in [0.1, 0.15) is 5.75 Å². The van der Waals surface area contributed by atoms with E-state index < -0.39 is 0 Å². The zero-order valence-corrected chi connectivity index (χ0v) is 10.9. The monoisotopic (exact) mass is 249 g/mol. The van der Waals surface area contributed by atoms with Gasteiger partial charge in [-0.25, -0.2) is 4.79 Å². The fourth-order valence-corrected chi connectivity index (χ4v) is 2.34. The Morgan fingerprint density at radius 1 is 1.50 bits per heavy atom. The Hall–Kier alpha value is -1.55. The first-order chi connectivity index (χ1) is 8.74. The van der Waals surface area contributed by atoms with Gasteiger partial charge in [-0.1, -0.05) is 13.0 Å². The lowest BCUT2D eigenvalue weighted by Gasteiger charge is -2.12. The highest BCUT2D eigenvalue weighted by molar-refractivity contribution is 5.70. The number of fused-ring (bicyclic) bond motifs is 1. The van der Waals surface area contributed by atoms with Gasteiger partial charge in [0.25, 0.3) is 0 Å². The zero-order chi connectivity index (χ0) is 13.0. The summed E-state index contributed by atoms with van der Waals surface area (Å²) in [6.45, 7) is 3.06. The van der Waals surface area contributed by atoms with Crippen molar-refractivity contribution in [1.29, 1.82) is 0 Å². The number of carbonyl (C=O) groups excluding carboxylic acids is 1. The molecular formula is C14H19NO3. The number of benzene rings is 1. The van der Waals surface area contributed by atoms with E-state index in [1.54, 1.807) is 0 Å². The average molecular weight is 249 g/mol. The van der Waals surface area contributed by atoms with Gasteiger partial charge in [0.15, 0.2) is 6.61 Å². The first-order valence-corrected chi connectivity index (χ1v) is 6.30. The van der Waals surface area contributed by atoms with Gasteiger partial charge >= 0.3 is 5.97 Å². The highest BCUT2D eigenvalue weighted by Gasteiger charge is 2.21. The number of methoxy groups -OCH3 is 1. The summed E-state index contributed by atoms with van der Waals surface area (Å²) < 4.78 is 9.92. The van der Waals surface area contributed by atoms with Gasteiger partial charge in [-0.15, -0.1) is 0 Å². The van der Waals surface area contributed by atoms with Crippen molar-refractivity contribution < 1.29 is 14.3 Å². The van der Waals surface area contributed by atoms with Crippen LogP contribution in [0.15, 0.2) is 18.2 Å². The third kappa shape index (κ3) is 2.82. The van der Waals surface area contributed by atoms with Gasteiger partial charge in [0, 0.05) is 6.04 Å². The number of esters is 1. The van der Waals surface area contributed by atoms with Gasteiger partial charge in [0.2, 0.25) is 0 Å². The second-order valence-electron chi connectivity index (χ2n) is 4.37. The van der Waals surface area contributed by atoms with E-state index in [2.05, 4.69) is 23.0 Å². The molecule has 1 aromatic rings. The molecule has 1 atom stereocenters. The van der Waals surface area contributed by atoms with Crippen molar-refractivity contribution in [1.82, 2.24) is 5.32 Å². The molecule has 0 spiro atoms. The summed E-state index contributed by atoms with van der Waals surface area (Å²) in [7, 11) is 1.36. The fraction of sp³-hybridized carbons (Fsp3) is 0.500. The van der Waals surface area contributed by atoms with E-state index in [9.17, 15) is 4.79 Å². The number of rotatable bonds is 5. The summed E-state index contributed by atoms with van der Waals surface area (Å²) in [4.78, 5) is 11.0. The van der Waals surface area contributed by atoms with Crippen molar-refractivity contribution in [3.8, 4) is 5.75 Å². The molecule has 18 heavy (non-hydrogen) atoms. The Kier molecular flexibility index (Phi) is 4.20. The minimum absolute atomic E-state index is 0.0358. The molecule has 1 N–H and O–H groups in total. The van der Waals surface area contributed by atoms with Crippen molar-refractivity contribution in [3.63, 3.8) is 0 Å². The molecule has 0 bridgehead atoms. The summed E-state index contributed by atoms with van der Waals surface area (Å²) in [6.07, 6.45) is 2.19. The summed E-state index contributed by atoms with van der Waals surface area (Å²) in [5, 5.41) is 3.46. The quantitative estimate of drug-likeness (QED) is 0.809. The molecule has 4 heteroatoms. The van der Waals surface area contributed by atoms with Crippen LogP contribution in [0.4, 0.5) is 0 Å². The van der Waals surface area contributed by atoms with Crippen LogP contribution < -0.4 is 10.1 Å². The highest BCUT2D eigenvalue weighted by Crippen LogP contribution is 2.33. The van der Waals surface area contributed by atoms with Crippen LogP contribution in [0.5, 0.6) is 5.75 Å². The number of hydrogen-bond acceptors (Lipinski definition) is 4. The Morgan fingerprint density at radius 2 is 2.33 bits per heavy atom. The van der Waals surface area contributed by atoms with Crippen molar-refractivity contribution in [2.45, 2.75) is 25.8 Å². The highest BCUT2D eigenvalue weighted by atomic mass is 16.6. The summed E-state index contributed by atoms with van der Waals surface area (Å²) in [6, 6.07) is 6.48. The molecule has 0 amide bonds. The molecule has 1 unspecified atom stereocenters. The van der Waals surface area contributed by atoms with Crippen LogP contribution in [0, 0.1) is 0 Å². The second kappa shape index (κ2) is 5.87. The molecule has 0 heterocycles. The van der Waals surface area contributed by atoms with Gasteiger partial charge < -0.3 is 14.8 Å². The lowest BCUT2D eigenvalue weighted by molar-refractivity contribution is -0.142. The molecule has 4 nitrogen and oxygen atoms in total. The van der Waals surface area contributed by atoms with Gasteiger partial charge in [0.05, 0.1) is 7.11 Å². The van der Waals surface area contributed by atoms with Crippen molar-refractivity contribution in [2.24, 2.45) is 0 Å². The lowest BCUT2D eigenvalue weighted by atomic mass is 10.1. The molecular weight excluding hydrogens is 230 g/mol. The molecule has 1 aliphatic carbocycles. The third-order valence-electron chi connectivity index (χ3n) is 3.23. The van der Waals surface area contributed by atoms with Gasteiger partial charge in [-0.2, -0.15) is 0 Å². The molecule has 98 valence electrons. The summed E-state index contributed by atoms with van der Waals surface area (Å²) >= 11 is 0. The molecule has 0 fully saturated rings. The number of carbonyl (C=O) groups is 1. The predicted molar refractivity (Wildman–Crippen MR) is 68.7 cm³/mol. The normalized spacial score (nSPS) is 17.3. The lowest BCUT2D eigenvalue weighted by Crippen LogP contribution is -2.18. The maximum absolute atomic E-state index is 11.0. The van der Waals surface area contributed by atoms with E-state index in [1.807, 2.05) is 12.1 Å². The molecule has 0 aliphatic heterocycles. The Labute approximate surface area is 107 Å². The van der Waals surface area contributed by atoms with Crippen LogP contribution in [0.2, 0.25) is 0 Å². The Balaban J connectivity index is 2.03. The number of aryl methyl sites for hydroxylation is 1. The predicted octanol–water partition coefficient (Wildman–Crippen LogP) is 1.84. The maximum atomic E-state index is 11.0. The SMILES string of the molecule is CCNC1CCc2cc(OCC(=O)OC)ccc21. The number of hydrogen-bond donors (Lipinski definition) is 1. The van der Waals surface area contributed by atoms with E-state index in [4.69, 9.17) is 4.74 Å². The maximum Gasteiger partial charge on any atom is 0.343 e. The summed E-state index contributed by atoms with van der Waals surface area (Å²) in [5.74, 6) is 0.373. The summed E-state index contributed by atoms with van der Waals surface area (Å²) in [5.41, 5.74) is 2.66. The molecule has 1 aromatic carbocycles. The van der Waals surface area contributed by atoms with Crippen LogP contribution in [-0.2, 0) is 16.0 Å². The molecule has 1 aliphatic rings. The third-order valence-corrected chi connectivity index (χ3v) is 3.23. The minimum atomic E-state index is -0.360. The van der Waals surface area contributed by atoms with Crippen LogP contribution in [0.3, 0.4) is 0 Å². The zero-order valence-electron chi connectivity index (χ0n) is 10.9. The first kappa shape index (κ1) is 12.9. The standard InChI is InChI=1S/C14H19NO3/c1-3-15-13-7-4-10-8-11(5-6-12(10)13)18-9-14(16)17-2/h5-6,8,13,15H,3-4,7,9H2,1-2H3. The number of nitrogens with one attached hydrogen (secondary N) is 1. The van der Waals surface area contributed by atoms with E-state index in [0.717, 1.165) is 25.1 Å². The largest absolute Gasteiger partial charge is 0.482 e. The molecule has 0 saturated heterocycles. The minimum Gasteiger partial charge on any atom is -0.482 e. The van der Waals surface area contributed by atoms with E-state index in [0.29, 0.717) is 6.04 Å². The van der Waals surface area contributed by atoms with Crippen LogP contribution in [0.1, 0.15) is 30.5 Å². The molecule has 0 saturated carbocycles. The second-order valence-corrected chi connectivity index (χ2v) is 4.37. The van der Waals surface area contributed by atoms with E-state index >= 15 is 0 Å². The number of ether oxygens (including phenoxy) is 2. The average Bonchev–Trinajstić information content (AvgIpc) is 2.79. The van der Waals surface area contributed by atoms with Gasteiger partial charge in [-0.3, -0.25) is 0 Å². The smallest absolute Gasteiger partial charge is 0.343 e. The molecule has 0 radical (unpaired) electrons. The van der Waals surface area contributed by atoms with E-state index in [-0.39, 0.29) is 12.6 Å². The fourth-order valence-electron chi connectivity index (χ4n) is 2.34. The molecule has 2 rings (SSSR count). The van der Waals surface area contributed by atoms with Crippen molar-refractivity contribution in [2.75, 3.05) is 20.3 Å². The Bertz CT molecular complexity index is 431. The van der Waals surface area contributed by atoms with Crippen molar-refractivity contribution in [3.05, 3.63) is 29.3 Å². The van der Waals surface area contributed by atoms with Crippen LogP contribution >= 0.6 is 0 Å². The molecule has 0 aromatic heterocycles. The van der Waals surface area contributed by atoms with Crippen LogP contribution in [0.25, 0.3) is 0 Å². The van der Waals surface area contributed by atoms with E-state index in [1.165, 1.54) is 18.2 Å². The van der Waals surface area contributed by atoms with Crippen molar-refractivity contribution >= 4 is 5.97 Å². The first-order valence-electron chi connectivity index (χ1n) is 6.30. The Morgan fingerprint density at radius 3 is 3.06 bits per heavy atom. The van der Waals surface area contributed by atoms with Gasteiger partial charge in [-0.05, 0) is 42.6 Å². The van der Waals surface area contributed by atoms with Crippen LogP contribution in [-0.4, -0.2) is 26.2 Å².